The first-order chi connectivity index (χ1) is 8.88. The van der Waals surface area contributed by atoms with Crippen molar-refractivity contribution >= 4 is 5.91 Å². The Bertz CT molecular complexity index is 313. The van der Waals surface area contributed by atoms with Gasteiger partial charge in [-0.1, -0.05) is 20.8 Å². The Morgan fingerprint density at radius 3 is 2.26 bits per heavy atom. The lowest BCUT2D eigenvalue weighted by atomic mass is 9.71. The van der Waals surface area contributed by atoms with Gasteiger partial charge in [0.15, 0.2) is 0 Å². The van der Waals surface area contributed by atoms with Crippen molar-refractivity contribution in [3.63, 3.8) is 0 Å². The summed E-state index contributed by atoms with van der Waals surface area (Å²) in [6, 6.07) is 0.695. The van der Waals surface area contributed by atoms with E-state index >= 15 is 0 Å². The highest BCUT2D eigenvalue weighted by Crippen LogP contribution is 2.39. The number of carbonyl (C=O) groups is 1. The van der Waals surface area contributed by atoms with Crippen LogP contribution in [0.25, 0.3) is 0 Å². The lowest BCUT2D eigenvalue weighted by Crippen LogP contribution is -2.47. The van der Waals surface area contributed by atoms with E-state index in [0.717, 1.165) is 31.8 Å². The third kappa shape index (κ3) is 3.71. The molecule has 2 rings (SSSR count). The van der Waals surface area contributed by atoms with Crippen LogP contribution in [-0.4, -0.2) is 29.9 Å². The van der Waals surface area contributed by atoms with Crippen LogP contribution in [0.4, 0.5) is 0 Å². The summed E-state index contributed by atoms with van der Waals surface area (Å²) in [6.07, 6.45) is 7.40. The molecule has 3 nitrogen and oxygen atoms in total. The van der Waals surface area contributed by atoms with E-state index in [0.29, 0.717) is 11.5 Å². The van der Waals surface area contributed by atoms with E-state index < -0.39 is 0 Å². The highest BCUT2D eigenvalue weighted by atomic mass is 16.1. The van der Waals surface area contributed by atoms with Gasteiger partial charge in [0.2, 0.25) is 5.91 Å². The van der Waals surface area contributed by atoms with Crippen LogP contribution in [0.15, 0.2) is 0 Å². The van der Waals surface area contributed by atoms with Gasteiger partial charge in [-0.05, 0) is 56.4 Å². The molecule has 1 heterocycles. The number of carbonyl (C=O) groups excluding carboxylic acids is 1. The lowest BCUT2D eigenvalue weighted by molar-refractivity contribution is -0.123. The number of amides is 1. The van der Waals surface area contributed by atoms with Gasteiger partial charge in [0.25, 0.3) is 0 Å². The van der Waals surface area contributed by atoms with Gasteiger partial charge in [0.1, 0.15) is 0 Å². The fourth-order valence-electron chi connectivity index (χ4n) is 3.88. The Balaban J connectivity index is 1.86. The molecule has 2 fully saturated rings. The monoisotopic (exact) mass is 266 g/mol. The Hall–Kier alpha value is -0.570. The molecule has 110 valence electrons. The van der Waals surface area contributed by atoms with Crippen molar-refractivity contribution in [1.29, 1.82) is 0 Å². The molecule has 3 heteroatoms. The number of nitrogens with zero attached hydrogens (tertiary/aromatic N) is 1. The van der Waals surface area contributed by atoms with Crippen LogP contribution >= 0.6 is 0 Å². The maximum absolute atomic E-state index is 11.4. The summed E-state index contributed by atoms with van der Waals surface area (Å²) in [5, 5.41) is 0. The number of piperidine rings is 1. The quantitative estimate of drug-likeness (QED) is 0.835. The molecule has 1 aliphatic carbocycles. The van der Waals surface area contributed by atoms with E-state index in [9.17, 15) is 4.79 Å². The van der Waals surface area contributed by atoms with Gasteiger partial charge in [0, 0.05) is 12.6 Å². The van der Waals surface area contributed by atoms with Crippen LogP contribution in [0.3, 0.4) is 0 Å². The summed E-state index contributed by atoms with van der Waals surface area (Å²) in [6.45, 7) is 9.15. The fraction of sp³-hybridized carbons (Fsp3) is 0.938. The summed E-state index contributed by atoms with van der Waals surface area (Å²) < 4.78 is 0. The van der Waals surface area contributed by atoms with Crippen LogP contribution < -0.4 is 5.73 Å². The minimum absolute atomic E-state index is 0.0917. The predicted octanol–water partition coefficient (Wildman–Crippen LogP) is 2.79. The average molecular weight is 266 g/mol. The number of likely N-dealkylation sites (tertiary alicyclic amines) is 1. The van der Waals surface area contributed by atoms with Crippen LogP contribution in [0.5, 0.6) is 0 Å². The normalized spacial score (nSPS) is 34.2. The molecular weight excluding hydrogens is 236 g/mol. The largest absolute Gasteiger partial charge is 0.369 e. The van der Waals surface area contributed by atoms with Crippen molar-refractivity contribution < 1.29 is 4.79 Å². The van der Waals surface area contributed by atoms with Gasteiger partial charge < -0.3 is 5.73 Å². The van der Waals surface area contributed by atoms with E-state index in [4.69, 9.17) is 5.73 Å². The van der Waals surface area contributed by atoms with E-state index in [1.54, 1.807) is 0 Å². The number of rotatable bonds is 2. The molecule has 0 aromatic heterocycles. The second-order valence-electron chi connectivity index (χ2n) is 7.61. The molecule has 1 saturated carbocycles. The third-order valence-corrected chi connectivity index (χ3v) is 5.29. The molecule has 2 aliphatic rings. The molecule has 0 radical (unpaired) electrons. The first-order valence-electron chi connectivity index (χ1n) is 7.91. The van der Waals surface area contributed by atoms with Crippen molar-refractivity contribution in [2.75, 3.05) is 13.1 Å². The number of hydrogen-bond acceptors (Lipinski definition) is 2. The molecule has 0 bridgehead atoms. The first-order valence-corrected chi connectivity index (χ1v) is 7.91. The molecule has 2 N–H and O–H groups in total. The first kappa shape index (κ1) is 14.8. The topological polar surface area (TPSA) is 46.3 Å². The molecule has 1 atom stereocenters. The van der Waals surface area contributed by atoms with Crippen molar-refractivity contribution in [2.24, 2.45) is 23.0 Å². The summed E-state index contributed by atoms with van der Waals surface area (Å²) in [4.78, 5) is 13.9. The van der Waals surface area contributed by atoms with Gasteiger partial charge in [-0.3, -0.25) is 9.69 Å². The molecule has 1 aliphatic heterocycles. The van der Waals surface area contributed by atoms with E-state index in [-0.39, 0.29) is 11.8 Å². The Morgan fingerprint density at radius 1 is 1.11 bits per heavy atom. The van der Waals surface area contributed by atoms with Gasteiger partial charge in [-0.15, -0.1) is 0 Å². The van der Waals surface area contributed by atoms with Crippen molar-refractivity contribution in [1.82, 2.24) is 4.90 Å². The molecule has 0 aromatic rings. The van der Waals surface area contributed by atoms with E-state index in [2.05, 4.69) is 25.7 Å². The standard InChI is InChI=1S/C16H30N2O/c1-16(2,3)13-6-8-14(9-7-13)18-10-4-5-12(11-18)15(17)19/h12-14H,4-11H2,1-3H3,(H2,17,19)/t12-,13?,14?/m1/s1. The van der Waals surface area contributed by atoms with Gasteiger partial charge >= 0.3 is 0 Å². The summed E-state index contributed by atoms with van der Waals surface area (Å²) >= 11 is 0. The fourth-order valence-corrected chi connectivity index (χ4v) is 3.88. The molecule has 0 aromatic carbocycles. The highest BCUT2D eigenvalue weighted by molar-refractivity contribution is 5.76. The van der Waals surface area contributed by atoms with Gasteiger partial charge in [-0.2, -0.15) is 0 Å². The Kier molecular flexibility index (Phi) is 4.54. The Labute approximate surface area is 117 Å². The number of nitrogens with two attached hydrogens (primary N) is 1. The Morgan fingerprint density at radius 2 is 1.74 bits per heavy atom. The molecule has 0 spiro atoms. The zero-order valence-corrected chi connectivity index (χ0v) is 12.8. The van der Waals surface area contributed by atoms with Crippen LogP contribution in [0, 0.1) is 17.3 Å². The van der Waals surface area contributed by atoms with Crippen molar-refractivity contribution in [3.05, 3.63) is 0 Å². The zero-order valence-electron chi connectivity index (χ0n) is 12.8. The number of primary amides is 1. The second kappa shape index (κ2) is 5.82. The second-order valence-corrected chi connectivity index (χ2v) is 7.61. The average Bonchev–Trinajstić information content (AvgIpc) is 2.38. The maximum Gasteiger partial charge on any atom is 0.221 e. The summed E-state index contributed by atoms with van der Waals surface area (Å²) in [5.74, 6) is 0.850. The minimum Gasteiger partial charge on any atom is -0.369 e. The molecular formula is C16H30N2O. The van der Waals surface area contributed by atoms with Gasteiger partial charge in [0.05, 0.1) is 5.92 Å². The number of hydrogen-bond donors (Lipinski definition) is 1. The summed E-state index contributed by atoms with van der Waals surface area (Å²) in [5.41, 5.74) is 5.92. The van der Waals surface area contributed by atoms with Crippen molar-refractivity contribution in [3.8, 4) is 0 Å². The van der Waals surface area contributed by atoms with Crippen LogP contribution in [0.2, 0.25) is 0 Å². The zero-order chi connectivity index (χ0) is 14.0. The highest BCUT2D eigenvalue weighted by Gasteiger charge is 2.34. The third-order valence-electron chi connectivity index (χ3n) is 5.29. The van der Waals surface area contributed by atoms with E-state index in [1.807, 2.05) is 0 Å². The lowest BCUT2D eigenvalue weighted by Gasteiger charge is -2.43. The summed E-state index contributed by atoms with van der Waals surface area (Å²) in [7, 11) is 0. The van der Waals surface area contributed by atoms with E-state index in [1.165, 1.54) is 25.7 Å². The van der Waals surface area contributed by atoms with Crippen molar-refractivity contribution in [2.45, 2.75) is 65.3 Å². The smallest absolute Gasteiger partial charge is 0.221 e. The van der Waals surface area contributed by atoms with Crippen LogP contribution in [-0.2, 0) is 4.79 Å². The maximum atomic E-state index is 11.4. The molecule has 1 amide bonds. The SMILES string of the molecule is CC(C)(C)C1CCC(N2CCC[C@@H](C(N)=O)C2)CC1. The van der Waals surface area contributed by atoms with Gasteiger partial charge in [-0.25, -0.2) is 0 Å². The predicted molar refractivity (Wildman–Crippen MR) is 78.7 cm³/mol. The molecule has 0 unspecified atom stereocenters. The minimum atomic E-state index is -0.104. The van der Waals surface area contributed by atoms with Crippen LogP contribution in [0.1, 0.15) is 59.3 Å². The molecule has 1 saturated heterocycles. The molecule has 19 heavy (non-hydrogen) atoms.